The van der Waals surface area contributed by atoms with Gasteiger partial charge in [0.1, 0.15) is 6.04 Å². The van der Waals surface area contributed by atoms with Crippen molar-refractivity contribution < 1.29 is 19.5 Å². The Morgan fingerprint density at radius 2 is 2.20 bits per heavy atom. The number of nitrogens with zero attached hydrogens (tertiary/aromatic N) is 2. The molecule has 2 heterocycles. The van der Waals surface area contributed by atoms with Crippen molar-refractivity contribution in [3.05, 3.63) is 0 Å². The first kappa shape index (κ1) is 15.0. The van der Waals surface area contributed by atoms with Crippen molar-refractivity contribution in [2.45, 2.75) is 24.6 Å². The predicted molar refractivity (Wildman–Crippen MR) is 74.6 cm³/mol. The number of rotatable bonds is 2. The minimum atomic E-state index is -1.08. The molecule has 20 heavy (non-hydrogen) atoms. The zero-order chi connectivity index (χ0) is 14.7. The molecular weight excluding hydrogens is 282 g/mol. The van der Waals surface area contributed by atoms with Crippen molar-refractivity contribution in [2.75, 3.05) is 31.9 Å². The lowest BCUT2D eigenvalue weighted by Gasteiger charge is -2.40. The number of nitrogens with one attached hydrogen (secondary N) is 1. The normalized spacial score (nSPS) is 27.1. The molecule has 2 saturated heterocycles. The molecule has 2 atom stereocenters. The minimum absolute atomic E-state index is 0.224. The second-order valence-corrected chi connectivity index (χ2v) is 6.55. The maximum atomic E-state index is 12.5. The molecule has 0 saturated carbocycles. The number of carbonyl (C=O) groups excluding carboxylic acids is 2. The smallest absolute Gasteiger partial charge is 0.320 e. The van der Waals surface area contributed by atoms with E-state index in [0.717, 1.165) is 5.75 Å². The summed E-state index contributed by atoms with van der Waals surface area (Å²) in [5.74, 6) is -0.588. The Labute approximate surface area is 121 Å². The summed E-state index contributed by atoms with van der Waals surface area (Å²) in [5.41, 5.74) is 0. The van der Waals surface area contributed by atoms with Crippen molar-refractivity contribution in [1.29, 1.82) is 0 Å². The van der Waals surface area contributed by atoms with Crippen LogP contribution in [-0.2, 0) is 9.59 Å². The molecule has 0 aliphatic carbocycles. The Hall–Kier alpha value is -1.44. The molecular formula is C12H19N3O4S. The molecule has 0 aromatic rings. The Bertz CT molecular complexity index is 418. The molecule has 3 amide bonds. The van der Waals surface area contributed by atoms with Gasteiger partial charge in [-0.05, 0) is 0 Å². The van der Waals surface area contributed by atoms with Gasteiger partial charge in [-0.15, -0.1) is 0 Å². The molecule has 0 spiro atoms. The summed E-state index contributed by atoms with van der Waals surface area (Å²) in [5, 5.41) is 11.9. The number of thioether (sulfide) groups is 1. The van der Waals surface area contributed by atoms with Gasteiger partial charge in [0.25, 0.3) is 0 Å². The van der Waals surface area contributed by atoms with Crippen LogP contribution in [0.5, 0.6) is 0 Å². The maximum absolute atomic E-state index is 12.5. The SMILES string of the molecule is CC1CN(C(=O)N2CCNC(=O)C2CC(=O)O)CCS1. The average Bonchev–Trinajstić information content (AvgIpc) is 2.40. The zero-order valence-electron chi connectivity index (χ0n) is 11.4. The van der Waals surface area contributed by atoms with E-state index in [1.165, 1.54) is 4.90 Å². The summed E-state index contributed by atoms with van der Waals surface area (Å²) in [6.45, 7) is 4.08. The Kier molecular flexibility index (Phi) is 4.74. The summed E-state index contributed by atoms with van der Waals surface area (Å²) >= 11 is 1.81. The molecule has 7 nitrogen and oxygen atoms in total. The number of piperazine rings is 1. The third kappa shape index (κ3) is 3.36. The molecule has 0 radical (unpaired) electrons. The van der Waals surface area contributed by atoms with Gasteiger partial charge in [0, 0.05) is 37.2 Å². The van der Waals surface area contributed by atoms with Gasteiger partial charge >= 0.3 is 12.0 Å². The molecule has 8 heteroatoms. The van der Waals surface area contributed by atoms with Crippen LogP contribution in [-0.4, -0.2) is 76.0 Å². The van der Waals surface area contributed by atoms with Crippen LogP contribution in [0.3, 0.4) is 0 Å². The molecule has 0 aromatic heterocycles. The van der Waals surface area contributed by atoms with Crippen molar-refractivity contribution in [2.24, 2.45) is 0 Å². The molecule has 2 aliphatic rings. The summed E-state index contributed by atoms with van der Waals surface area (Å²) in [6.07, 6.45) is -0.351. The van der Waals surface area contributed by atoms with Gasteiger partial charge in [0.05, 0.1) is 6.42 Å². The highest BCUT2D eigenvalue weighted by molar-refractivity contribution is 7.99. The van der Waals surface area contributed by atoms with Crippen LogP contribution in [0.25, 0.3) is 0 Å². The largest absolute Gasteiger partial charge is 0.481 e. The fourth-order valence-corrected chi connectivity index (χ4v) is 3.50. The fourth-order valence-electron chi connectivity index (χ4n) is 2.49. The van der Waals surface area contributed by atoms with Crippen molar-refractivity contribution in [1.82, 2.24) is 15.1 Å². The molecule has 2 N–H and O–H groups in total. The summed E-state index contributed by atoms with van der Waals surface area (Å²) in [4.78, 5) is 38.3. The number of hydrogen-bond acceptors (Lipinski definition) is 4. The second kappa shape index (κ2) is 6.34. The lowest BCUT2D eigenvalue weighted by Crippen LogP contribution is -2.61. The van der Waals surface area contributed by atoms with Crippen LogP contribution in [0, 0.1) is 0 Å². The second-order valence-electron chi connectivity index (χ2n) is 5.01. The van der Waals surface area contributed by atoms with E-state index in [1.807, 2.05) is 11.8 Å². The lowest BCUT2D eigenvalue weighted by atomic mass is 10.1. The van der Waals surface area contributed by atoms with Crippen LogP contribution >= 0.6 is 11.8 Å². The van der Waals surface area contributed by atoms with Crippen molar-refractivity contribution in [3.63, 3.8) is 0 Å². The van der Waals surface area contributed by atoms with Gasteiger partial charge in [-0.1, -0.05) is 6.92 Å². The summed E-state index contributed by atoms with van der Waals surface area (Å²) in [7, 11) is 0. The van der Waals surface area contributed by atoms with Crippen molar-refractivity contribution >= 4 is 29.7 Å². The van der Waals surface area contributed by atoms with E-state index in [1.54, 1.807) is 4.90 Å². The number of carboxylic acids is 1. The molecule has 0 bridgehead atoms. The molecule has 0 aromatic carbocycles. The maximum Gasteiger partial charge on any atom is 0.320 e. The highest BCUT2D eigenvalue weighted by atomic mass is 32.2. The van der Waals surface area contributed by atoms with Crippen LogP contribution in [0.4, 0.5) is 4.79 Å². The molecule has 2 fully saturated rings. The van der Waals surface area contributed by atoms with Gasteiger partial charge < -0.3 is 20.2 Å². The van der Waals surface area contributed by atoms with E-state index in [9.17, 15) is 14.4 Å². The Morgan fingerprint density at radius 3 is 2.85 bits per heavy atom. The quantitative estimate of drug-likeness (QED) is 0.738. The van der Waals surface area contributed by atoms with Crippen LogP contribution < -0.4 is 5.32 Å². The highest BCUT2D eigenvalue weighted by Crippen LogP contribution is 2.20. The fraction of sp³-hybridized carbons (Fsp3) is 0.750. The predicted octanol–water partition coefficient (Wildman–Crippen LogP) is -0.181. The standard InChI is InChI=1S/C12H19N3O4S/c1-8-7-14(4-5-20-8)12(19)15-3-2-13-11(18)9(15)6-10(16)17/h8-9H,2-7H2,1H3,(H,13,18)(H,16,17). The average molecular weight is 301 g/mol. The molecule has 112 valence electrons. The summed E-state index contributed by atoms with van der Waals surface area (Å²) < 4.78 is 0. The van der Waals surface area contributed by atoms with Crippen LogP contribution in [0.1, 0.15) is 13.3 Å². The van der Waals surface area contributed by atoms with E-state index in [2.05, 4.69) is 12.2 Å². The van der Waals surface area contributed by atoms with Gasteiger partial charge in [-0.3, -0.25) is 9.59 Å². The minimum Gasteiger partial charge on any atom is -0.481 e. The lowest BCUT2D eigenvalue weighted by molar-refractivity contribution is -0.142. The van der Waals surface area contributed by atoms with Gasteiger partial charge in [0.15, 0.2) is 0 Å². The number of carbonyl (C=O) groups is 3. The van der Waals surface area contributed by atoms with Crippen LogP contribution in [0.15, 0.2) is 0 Å². The van der Waals surface area contributed by atoms with Gasteiger partial charge in [0.2, 0.25) is 5.91 Å². The Balaban J connectivity index is 2.08. The molecule has 2 rings (SSSR count). The molecule has 2 aliphatic heterocycles. The first-order valence-corrected chi connectivity index (χ1v) is 7.70. The Morgan fingerprint density at radius 1 is 1.45 bits per heavy atom. The number of carboxylic acid groups (broad SMARTS) is 1. The monoisotopic (exact) mass is 301 g/mol. The number of hydrogen-bond donors (Lipinski definition) is 2. The van der Waals surface area contributed by atoms with Crippen LogP contribution in [0.2, 0.25) is 0 Å². The van der Waals surface area contributed by atoms with E-state index in [-0.39, 0.29) is 18.4 Å². The first-order chi connectivity index (χ1) is 9.49. The third-order valence-electron chi connectivity index (χ3n) is 3.46. The first-order valence-electron chi connectivity index (χ1n) is 6.65. The van der Waals surface area contributed by atoms with Crippen molar-refractivity contribution in [3.8, 4) is 0 Å². The zero-order valence-corrected chi connectivity index (χ0v) is 12.2. The van der Waals surface area contributed by atoms with E-state index in [0.29, 0.717) is 31.4 Å². The van der Waals surface area contributed by atoms with E-state index >= 15 is 0 Å². The summed E-state index contributed by atoms with van der Waals surface area (Å²) in [6, 6.07) is -1.13. The van der Waals surface area contributed by atoms with Gasteiger partial charge in [-0.2, -0.15) is 11.8 Å². The number of aliphatic carboxylic acids is 1. The highest BCUT2D eigenvalue weighted by Gasteiger charge is 2.37. The number of urea groups is 1. The van der Waals surface area contributed by atoms with Gasteiger partial charge in [-0.25, -0.2) is 4.79 Å². The van der Waals surface area contributed by atoms with E-state index < -0.39 is 12.0 Å². The number of amides is 3. The topological polar surface area (TPSA) is 90.0 Å². The van der Waals surface area contributed by atoms with E-state index in [4.69, 9.17) is 5.11 Å². The third-order valence-corrected chi connectivity index (χ3v) is 4.59. The molecule has 2 unspecified atom stereocenters.